The van der Waals surface area contributed by atoms with Crippen molar-refractivity contribution >= 4 is 190 Å². The summed E-state index contributed by atoms with van der Waals surface area (Å²) in [6, 6.07) is 146. The highest BCUT2D eigenvalue weighted by atomic mass is 32.2. The molecule has 4 aliphatic heterocycles. The monoisotopic (exact) mass is 1540 g/mol. The van der Waals surface area contributed by atoms with Gasteiger partial charge in [0.2, 0.25) is 0 Å². The molecule has 0 aliphatic carbocycles. The van der Waals surface area contributed by atoms with E-state index in [4.69, 9.17) is 13.9 Å². The topological polar surface area (TPSA) is 38.1 Å². The lowest BCUT2D eigenvalue weighted by Crippen LogP contribution is -2.77. The molecule has 114 heavy (non-hydrogen) atoms. The minimum absolute atomic E-state index is 0.845. The normalized spacial score (nSPS) is 13.5. The number of hydrogen-bond donors (Lipinski definition) is 0. The third-order valence-electron chi connectivity index (χ3n) is 23.6. The molecule has 20 aromatic rings. The maximum Gasteiger partial charge on any atom is 0.190 e. The molecule has 18 aromatic carbocycles. The molecule has 0 atom stereocenters. The van der Waals surface area contributed by atoms with E-state index >= 15 is 0 Å². The molecule has 2 spiro atoms. The molecule has 24 rings (SSSR count). The lowest BCUT2D eigenvalue weighted by atomic mass is 10.00. The lowest BCUT2D eigenvalue weighted by molar-refractivity contribution is 0.488. The third-order valence-corrected chi connectivity index (χ3v) is 37.6. The highest BCUT2D eigenvalue weighted by molar-refractivity contribution is 8.00. The van der Waals surface area contributed by atoms with Gasteiger partial charge in [-0.3, -0.25) is 0 Å². The molecule has 536 valence electrons. The molecule has 0 radical (unpaired) electrons. The number of nitrogens with zero attached hydrogens (tertiary/aromatic N) is 2. The summed E-state index contributed by atoms with van der Waals surface area (Å²) in [6.07, 6.45) is 0. The number of ether oxygens (including phenoxy) is 2. The first-order valence-corrected chi connectivity index (χ1v) is 45.1. The highest BCUT2D eigenvalue weighted by Crippen LogP contribution is 2.53. The Kier molecular flexibility index (Phi) is 15.6. The molecular weight excluding hydrogens is 1480 g/mol. The van der Waals surface area contributed by atoms with E-state index in [-0.39, 0.29) is 0 Å². The van der Waals surface area contributed by atoms with Crippen molar-refractivity contribution in [2.45, 2.75) is 19.6 Å². The predicted octanol–water partition coefficient (Wildman–Crippen LogP) is 24.1. The van der Waals surface area contributed by atoms with Crippen molar-refractivity contribution in [2.24, 2.45) is 0 Å². The molecule has 2 aromatic heterocycles. The fourth-order valence-corrected chi connectivity index (χ4v) is 34.2. The van der Waals surface area contributed by atoms with Crippen LogP contribution in [0.2, 0.25) is 0 Å². The summed E-state index contributed by atoms with van der Waals surface area (Å²) in [7, 11) is -5.75. The predicted molar refractivity (Wildman–Crippen MR) is 484 cm³/mol. The summed E-state index contributed by atoms with van der Waals surface area (Å²) >= 11 is 5.64. The van der Waals surface area contributed by atoms with Gasteiger partial charge in [0.05, 0.1) is 32.8 Å². The Morgan fingerprint density at radius 3 is 1.25 bits per heavy atom. The summed E-state index contributed by atoms with van der Waals surface area (Å²) in [5.74, 6) is 3.67. The lowest BCUT2D eigenvalue weighted by Gasteiger charge is -2.44. The van der Waals surface area contributed by atoms with Crippen LogP contribution in [-0.4, -0.2) is 16.1 Å². The number of hydrogen-bond acceptors (Lipinski definition) is 8. The number of rotatable bonds is 8. The van der Waals surface area contributed by atoms with Gasteiger partial charge in [-0.15, -0.1) is 11.3 Å². The molecule has 0 amide bonds. The molecule has 0 unspecified atom stereocenters. The number of fused-ring (bicyclic) bond motifs is 25. The van der Waals surface area contributed by atoms with Crippen LogP contribution in [0.4, 0.5) is 34.1 Å². The van der Waals surface area contributed by atoms with Gasteiger partial charge in [-0.25, -0.2) is 0 Å². The van der Waals surface area contributed by atoms with Crippen molar-refractivity contribution in [1.82, 2.24) is 0 Å². The number of anilines is 6. The van der Waals surface area contributed by atoms with Gasteiger partial charge in [-0.05, 0) is 188 Å². The van der Waals surface area contributed by atoms with Crippen molar-refractivity contribution in [3.8, 4) is 45.3 Å². The van der Waals surface area contributed by atoms with E-state index in [1.807, 2.05) is 40.9 Å². The highest BCUT2D eigenvalue weighted by Gasteiger charge is 2.55. The van der Waals surface area contributed by atoms with Crippen LogP contribution in [0.5, 0.6) is 23.0 Å². The fourth-order valence-electron chi connectivity index (χ4n) is 18.7. The van der Waals surface area contributed by atoms with E-state index in [9.17, 15) is 0 Å². The molecule has 6 heterocycles. The molecule has 0 bridgehead atoms. The van der Waals surface area contributed by atoms with Crippen LogP contribution in [0.3, 0.4) is 0 Å². The Morgan fingerprint density at radius 2 is 0.649 bits per heavy atom. The van der Waals surface area contributed by atoms with Gasteiger partial charge >= 0.3 is 0 Å². The van der Waals surface area contributed by atoms with Crippen LogP contribution in [0, 0.1) is 0 Å². The zero-order valence-corrected chi connectivity index (χ0v) is 65.9. The van der Waals surface area contributed by atoms with Crippen molar-refractivity contribution in [2.75, 3.05) is 9.80 Å². The zero-order chi connectivity index (χ0) is 75.0. The van der Waals surface area contributed by atoms with Crippen LogP contribution in [0.15, 0.2) is 424 Å². The fraction of sp³-hybridized carbons (Fsp3) is 0. The Labute approximate surface area is 673 Å². The SMILES string of the molecule is c1ccc(-c2ccc(-c3ccc(N(c4cccc5c4Oc4ccccc4[Si]54c5ccccc5Sc5ccccc54)c4cccc5oc6ccccc6c45)cc3)cc2)cc1.c1ccc2c(c1)Oc1c(N(c3ccc4c(ccc5ccccc54)c3)c3cccc4c3sc3ccccc34)cccc1[Si]21c2ccccc2Sc2ccccc21. The molecule has 10 heteroatoms. The van der Waals surface area contributed by atoms with E-state index in [0.29, 0.717) is 0 Å². The summed E-state index contributed by atoms with van der Waals surface area (Å²) in [5.41, 5.74) is 12.8. The number of para-hydroxylation sites is 5. The van der Waals surface area contributed by atoms with Gasteiger partial charge in [0.1, 0.15) is 22.7 Å². The third kappa shape index (κ3) is 10.2. The van der Waals surface area contributed by atoms with E-state index in [0.717, 1.165) is 84.6 Å². The Bertz CT molecular complexity index is 7180. The van der Waals surface area contributed by atoms with Crippen LogP contribution in [-0.2, 0) is 0 Å². The molecular formula is C104H66N2O3S3Si2. The van der Waals surface area contributed by atoms with Gasteiger partial charge in [0.25, 0.3) is 0 Å². The van der Waals surface area contributed by atoms with Crippen molar-refractivity contribution in [3.05, 3.63) is 400 Å². The second-order valence-corrected chi connectivity index (χ2v) is 40.1. The summed E-state index contributed by atoms with van der Waals surface area (Å²) in [4.78, 5) is 10.1. The standard InChI is InChI=1S/C54H35NO2SSi.C50H31NOS2Si/c1-2-14-36(15-3-1)37-28-30-38(31-29-37)39-32-34-40(35-33-39)55(42-17-12-21-46-53(42)41-16-4-5-19-44(41)56-46)43-18-13-27-52-54(43)57-45-20-6-9-24-49(45)59(52)50-25-10-7-22-47(50)58-48-23-8-11-26-51(48)59;1-2-14-35-32(13-1)27-28-33-31-34(29-30-36(33)35)51(40-18-11-16-38-37-15-3-5-20-42(37)54-50(38)40)39-17-12-26-48-49(39)52-41-19-4-8-23-45(41)55(48)46-24-9-6-21-43(46)53-44-22-7-10-25-47(44)55/h1-35H;1-31H. The molecule has 0 saturated carbocycles. The summed E-state index contributed by atoms with van der Waals surface area (Å²) in [5, 5.41) is 20.4. The maximum absolute atomic E-state index is 7.30. The second kappa shape index (κ2) is 26.8. The van der Waals surface area contributed by atoms with Gasteiger partial charge in [-0.1, -0.05) is 321 Å². The summed E-state index contributed by atoms with van der Waals surface area (Å²) < 4.78 is 23.6. The van der Waals surface area contributed by atoms with E-state index in [1.165, 1.54) is 119 Å². The van der Waals surface area contributed by atoms with Crippen LogP contribution in [0.1, 0.15) is 0 Å². The minimum Gasteiger partial charge on any atom is -0.456 e. The average molecular weight is 1540 g/mol. The minimum atomic E-state index is -2.89. The Morgan fingerprint density at radius 1 is 0.246 bits per heavy atom. The van der Waals surface area contributed by atoms with Crippen LogP contribution < -0.4 is 60.8 Å². The number of thiophene rings is 1. The van der Waals surface area contributed by atoms with Crippen LogP contribution >= 0.6 is 34.9 Å². The Balaban J connectivity index is 0.000000136. The molecule has 0 N–H and O–H groups in total. The first kappa shape index (κ1) is 66.6. The van der Waals surface area contributed by atoms with Crippen molar-refractivity contribution in [3.63, 3.8) is 0 Å². The van der Waals surface area contributed by atoms with E-state index in [2.05, 4.69) is 404 Å². The van der Waals surface area contributed by atoms with Gasteiger partial charge in [0.15, 0.2) is 27.6 Å². The van der Waals surface area contributed by atoms with Crippen LogP contribution in [0.25, 0.3) is 85.9 Å². The zero-order valence-electron chi connectivity index (χ0n) is 61.4. The smallest absolute Gasteiger partial charge is 0.190 e. The molecule has 0 fully saturated rings. The number of furan rings is 1. The largest absolute Gasteiger partial charge is 0.456 e. The van der Waals surface area contributed by atoms with Crippen molar-refractivity contribution < 1.29 is 13.9 Å². The summed E-state index contributed by atoms with van der Waals surface area (Å²) in [6.45, 7) is 0. The number of benzene rings is 18. The maximum atomic E-state index is 7.30. The van der Waals surface area contributed by atoms with Gasteiger partial charge in [-0.2, -0.15) is 0 Å². The molecule has 5 nitrogen and oxygen atoms in total. The first-order chi connectivity index (χ1) is 56.5. The second-order valence-electron chi connectivity index (χ2n) is 29.5. The first-order valence-electron chi connectivity index (χ1n) is 38.7. The molecule has 0 saturated heterocycles. The quantitative estimate of drug-likeness (QED) is 0.111. The van der Waals surface area contributed by atoms with E-state index in [1.54, 1.807) is 0 Å². The van der Waals surface area contributed by atoms with Gasteiger partial charge in [0, 0.05) is 51.8 Å². The van der Waals surface area contributed by atoms with Crippen molar-refractivity contribution in [1.29, 1.82) is 0 Å². The Hall–Kier alpha value is -13.2. The molecule has 4 aliphatic rings. The average Bonchev–Trinajstić information content (AvgIpc) is 1.15. The van der Waals surface area contributed by atoms with E-state index < -0.39 is 16.1 Å². The van der Waals surface area contributed by atoms with Gasteiger partial charge < -0.3 is 23.7 Å².